The van der Waals surface area contributed by atoms with Gasteiger partial charge in [0, 0.05) is 13.2 Å². The number of unbranched alkanes of at least 4 members (excludes halogenated alkanes) is 1. The highest BCUT2D eigenvalue weighted by atomic mass is 16.5. The van der Waals surface area contributed by atoms with Gasteiger partial charge in [-0.25, -0.2) is 4.79 Å². The zero-order chi connectivity index (χ0) is 14.1. The molecule has 19 heavy (non-hydrogen) atoms. The Hall–Kier alpha value is -1.39. The van der Waals surface area contributed by atoms with E-state index in [-0.39, 0.29) is 0 Å². The Balaban J connectivity index is 2.15. The minimum Gasteiger partial charge on any atom is -0.478 e. The first kappa shape index (κ1) is 15.7. The molecule has 0 spiro atoms. The molecular formula is C15H23NO3. The van der Waals surface area contributed by atoms with Crippen molar-refractivity contribution in [3.8, 4) is 0 Å². The Morgan fingerprint density at radius 2 is 2.16 bits per heavy atom. The van der Waals surface area contributed by atoms with Gasteiger partial charge in [0.1, 0.15) is 0 Å². The number of aromatic carboxylic acids is 1. The zero-order valence-electron chi connectivity index (χ0n) is 11.7. The van der Waals surface area contributed by atoms with Gasteiger partial charge in [0.2, 0.25) is 0 Å². The Bertz CT molecular complexity index is 391. The van der Waals surface area contributed by atoms with E-state index in [1.54, 1.807) is 18.2 Å². The summed E-state index contributed by atoms with van der Waals surface area (Å²) in [6.07, 6.45) is 2.40. The van der Waals surface area contributed by atoms with Gasteiger partial charge in [0.15, 0.2) is 0 Å². The summed E-state index contributed by atoms with van der Waals surface area (Å²) < 4.78 is 5.46. The van der Waals surface area contributed by atoms with E-state index < -0.39 is 5.97 Å². The van der Waals surface area contributed by atoms with E-state index in [9.17, 15) is 4.79 Å². The lowest BCUT2D eigenvalue weighted by Crippen LogP contribution is -2.16. The monoisotopic (exact) mass is 265 g/mol. The van der Waals surface area contributed by atoms with Crippen LogP contribution in [-0.4, -0.2) is 30.3 Å². The maximum absolute atomic E-state index is 10.8. The normalized spacial score (nSPS) is 10.9. The topological polar surface area (TPSA) is 58.6 Å². The number of carbonyl (C=O) groups is 1. The second-order valence-corrected chi connectivity index (χ2v) is 4.81. The predicted octanol–water partition coefficient (Wildman–Crippen LogP) is 2.68. The molecule has 0 heterocycles. The third-order valence-corrected chi connectivity index (χ3v) is 2.70. The SMILES string of the molecule is CC(C)OCCCCNCc1cccc(C(=O)O)c1. The summed E-state index contributed by atoms with van der Waals surface area (Å²) in [6, 6.07) is 7.02. The summed E-state index contributed by atoms with van der Waals surface area (Å²) in [7, 11) is 0. The first-order valence-corrected chi connectivity index (χ1v) is 6.74. The minimum absolute atomic E-state index is 0.298. The van der Waals surface area contributed by atoms with Crippen molar-refractivity contribution in [2.45, 2.75) is 39.3 Å². The number of carboxylic acid groups (broad SMARTS) is 1. The van der Waals surface area contributed by atoms with Gasteiger partial charge >= 0.3 is 5.97 Å². The Labute approximate surface area is 114 Å². The molecule has 0 fully saturated rings. The number of hydrogen-bond donors (Lipinski definition) is 2. The Morgan fingerprint density at radius 3 is 2.84 bits per heavy atom. The molecule has 0 aliphatic heterocycles. The summed E-state index contributed by atoms with van der Waals surface area (Å²) in [5.74, 6) is -0.882. The van der Waals surface area contributed by atoms with Crippen LogP contribution in [0.15, 0.2) is 24.3 Å². The van der Waals surface area contributed by atoms with Crippen molar-refractivity contribution in [1.82, 2.24) is 5.32 Å². The molecule has 0 amide bonds. The highest BCUT2D eigenvalue weighted by Gasteiger charge is 2.02. The smallest absolute Gasteiger partial charge is 0.335 e. The van der Waals surface area contributed by atoms with Crippen LogP contribution in [0, 0.1) is 0 Å². The maximum atomic E-state index is 10.8. The molecule has 0 aliphatic rings. The van der Waals surface area contributed by atoms with E-state index >= 15 is 0 Å². The van der Waals surface area contributed by atoms with Crippen molar-refractivity contribution in [2.24, 2.45) is 0 Å². The van der Waals surface area contributed by atoms with Crippen molar-refractivity contribution in [3.63, 3.8) is 0 Å². The molecule has 4 nitrogen and oxygen atoms in total. The average Bonchev–Trinajstić information content (AvgIpc) is 2.37. The number of hydrogen-bond acceptors (Lipinski definition) is 3. The largest absolute Gasteiger partial charge is 0.478 e. The molecule has 106 valence electrons. The molecule has 1 aromatic rings. The molecular weight excluding hydrogens is 242 g/mol. The molecule has 0 radical (unpaired) electrons. The van der Waals surface area contributed by atoms with Crippen LogP contribution >= 0.6 is 0 Å². The second-order valence-electron chi connectivity index (χ2n) is 4.81. The molecule has 0 aromatic heterocycles. The third kappa shape index (κ3) is 6.94. The molecule has 0 aliphatic carbocycles. The van der Waals surface area contributed by atoms with E-state index in [2.05, 4.69) is 5.32 Å². The summed E-state index contributed by atoms with van der Waals surface area (Å²) >= 11 is 0. The van der Waals surface area contributed by atoms with Crippen LogP contribution < -0.4 is 5.32 Å². The number of nitrogens with one attached hydrogen (secondary N) is 1. The van der Waals surface area contributed by atoms with Gasteiger partial charge in [-0.2, -0.15) is 0 Å². The minimum atomic E-state index is -0.882. The van der Waals surface area contributed by atoms with Crippen molar-refractivity contribution < 1.29 is 14.6 Å². The molecule has 1 aromatic carbocycles. The number of ether oxygens (including phenoxy) is 1. The second kappa shape index (κ2) is 8.67. The first-order valence-electron chi connectivity index (χ1n) is 6.74. The van der Waals surface area contributed by atoms with E-state index in [0.717, 1.165) is 31.6 Å². The fourth-order valence-electron chi connectivity index (χ4n) is 1.72. The third-order valence-electron chi connectivity index (χ3n) is 2.70. The van der Waals surface area contributed by atoms with Crippen molar-refractivity contribution in [2.75, 3.05) is 13.2 Å². The Kier molecular flexibility index (Phi) is 7.15. The van der Waals surface area contributed by atoms with Crippen molar-refractivity contribution in [3.05, 3.63) is 35.4 Å². The van der Waals surface area contributed by atoms with Crippen LogP contribution in [0.5, 0.6) is 0 Å². The summed E-state index contributed by atoms with van der Waals surface area (Å²) in [5, 5.41) is 12.2. The van der Waals surface area contributed by atoms with E-state index in [1.165, 1.54) is 0 Å². The van der Waals surface area contributed by atoms with Gasteiger partial charge in [-0.15, -0.1) is 0 Å². The van der Waals surface area contributed by atoms with Crippen molar-refractivity contribution >= 4 is 5.97 Å². The van der Waals surface area contributed by atoms with Crippen LogP contribution in [0.25, 0.3) is 0 Å². The van der Waals surface area contributed by atoms with Crippen molar-refractivity contribution in [1.29, 1.82) is 0 Å². The molecule has 4 heteroatoms. The van der Waals surface area contributed by atoms with Crippen LogP contribution in [0.3, 0.4) is 0 Å². The molecule has 0 bridgehead atoms. The van der Waals surface area contributed by atoms with Crippen LogP contribution in [0.2, 0.25) is 0 Å². The standard InChI is InChI=1S/C15H23NO3/c1-12(2)19-9-4-3-8-16-11-13-6-5-7-14(10-13)15(17)18/h5-7,10,12,16H,3-4,8-9,11H2,1-2H3,(H,17,18). The summed E-state index contributed by atoms with van der Waals surface area (Å²) in [4.78, 5) is 10.8. The lowest BCUT2D eigenvalue weighted by atomic mass is 10.1. The zero-order valence-corrected chi connectivity index (χ0v) is 11.7. The highest BCUT2D eigenvalue weighted by molar-refractivity contribution is 5.87. The summed E-state index contributed by atoms with van der Waals surface area (Å²) in [5.41, 5.74) is 1.34. The fourth-order valence-corrected chi connectivity index (χ4v) is 1.72. The van der Waals surface area contributed by atoms with Gasteiger partial charge in [-0.1, -0.05) is 12.1 Å². The fraction of sp³-hybridized carbons (Fsp3) is 0.533. The molecule has 0 saturated carbocycles. The lowest BCUT2D eigenvalue weighted by molar-refractivity contribution is 0.0696. The van der Waals surface area contributed by atoms with E-state index in [4.69, 9.17) is 9.84 Å². The number of carboxylic acids is 1. The first-order chi connectivity index (χ1) is 9.09. The molecule has 0 atom stereocenters. The van der Waals surface area contributed by atoms with Crippen LogP contribution in [0.1, 0.15) is 42.6 Å². The number of benzene rings is 1. The van der Waals surface area contributed by atoms with Crippen LogP contribution in [-0.2, 0) is 11.3 Å². The van der Waals surface area contributed by atoms with E-state index in [0.29, 0.717) is 18.2 Å². The van der Waals surface area contributed by atoms with Gasteiger partial charge in [-0.3, -0.25) is 0 Å². The average molecular weight is 265 g/mol. The highest BCUT2D eigenvalue weighted by Crippen LogP contribution is 2.05. The van der Waals surface area contributed by atoms with Gasteiger partial charge in [0.05, 0.1) is 11.7 Å². The maximum Gasteiger partial charge on any atom is 0.335 e. The van der Waals surface area contributed by atoms with Gasteiger partial charge in [-0.05, 0) is 50.9 Å². The molecule has 0 unspecified atom stereocenters. The molecule has 1 rings (SSSR count). The van der Waals surface area contributed by atoms with E-state index in [1.807, 2.05) is 19.9 Å². The predicted molar refractivity (Wildman–Crippen MR) is 75.4 cm³/mol. The quantitative estimate of drug-likeness (QED) is 0.674. The molecule has 0 saturated heterocycles. The summed E-state index contributed by atoms with van der Waals surface area (Å²) in [6.45, 7) is 6.49. The number of rotatable bonds is 9. The lowest BCUT2D eigenvalue weighted by Gasteiger charge is -2.08. The van der Waals surface area contributed by atoms with Crippen LogP contribution in [0.4, 0.5) is 0 Å². The van der Waals surface area contributed by atoms with Gasteiger partial charge < -0.3 is 15.2 Å². The molecule has 2 N–H and O–H groups in total. The van der Waals surface area contributed by atoms with Gasteiger partial charge in [0.25, 0.3) is 0 Å². The Morgan fingerprint density at radius 1 is 1.37 bits per heavy atom.